The van der Waals surface area contributed by atoms with E-state index in [1.54, 1.807) is 13.2 Å². The number of methoxy groups -OCH3 is 1. The second-order valence-corrected chi connectivity index (χ2v) is 5.84. The van der Waals surface area contributed by atoms with Crippen LogP contribution in [0.3, 0.4) is 0 Å². The molecule has 3 aromatic rings. The van der Waals surface area contributed by atoms with Gasteiger partial charge in [-0.1, -0.05) is 23.2 Å². The minimum Gasteiger partial charge on any atom is -0.506 e. The average molecular weight is 325 g/mol. The van der Waals surface area contributed by atoms with Gasteiger partial charge in [0.1, 0.15) is 17.0 Å². The Morgan fingerprint density at radius 2 is 2.09 bits per heavy atom. The molecule has 4 N–H and O–H groups in total. The van der Waals surface area contributed by atoms with E-state index in [9.17, 15) is 5.11 Å². The van der Waals surface area contributed by atoms with Crippen molar-refractivity contribution in [2.45, 2.75) is 0 Å². The minimum absolute atomic E-state index is 0.0999. The van der Waals surface area contributed by atoms with Crippen LogP contribution in [0.1, 0.15) is 5.56 Å². The quantitative estimate of drug-likeness (QED) is 0.645. The summed E-state index contributed by atoms with van der Waals surface area (Å²) in [5.74, 6) is 6.96. The maximum atomic E-state index is 9.94. The van der Waals surface area contributed by atoms with Crippen molar-refractivity contribution in [2.24, 2.45) is 0 Å². The lowest BCUT2D eigenvalue weighted by molar-refractivity contribution is 0.415. The van der Waals surface area contributed by atoms with E-state index in [1.165, 1.54) is 11.3 Å². The van der Waals surface area contributed by atoms with Crippen LogP contribution in [0.5, 0.6) is 11.5 Å². The molecule has 0 aliphatic rings. The van der Waals surface area contributed by atoms with Gasteiger partial charge >= 0.3 is 0 Å². The summed E-state index contributed by atoms with van der Waals surface area (Å²) < 4.78 is 5.94. The number of fused-ring (bicyclic) bond motifs is 1. The summed E-state index contributed by atoms with van der Waals surface area (Å²) in [4.78, 5) is 4.08. The Hall–Kier alpha value is -2.91. The maximum Gasteiger partial charge on any atom is 0.181 e. The number of rotatable bonds is 3. The normalized spacial score (nSPS) is 10.1. The van der Waals surface area contributed by atoms with Gasteiger partial charge in [-0.3, -0.25) is 0 Å². The molecule has 0 fully saturated rings. The zero-order valence-electron chi connectivity index (χ0n) is 12.5. The van der Waals surface area contributed by atoms with Gasteiger partial charge in [0.25, 0.3) is 0 Å². The Morgan fingerprint density at radius 3 is 2.83 bits per heavy atom. The van der Waals surface area contributed by atoms with Crippen LogP contribution >= 0.6 is 11.3 Å². The van der Waals surface area contributed by atoms with Crippen molar-refractivity contribution >= 4 is 32.4 Å². The average Bonchev–Trinajstić information content (AvgIpc) is 2.93. The lowest BCUT2D eigenvalue weighted by Crippen LogP contribution is -1.98. The Labute approximate surface area is 137 Å². The fraction of sp³-hybridized carbons (Fsp3) is 0.118. The minimum atomic E-state index is 0.0999. The fourth-order valence-corrected chi connectivity index (χ4v) is 2.90. The number of hydrogen-bond donors (Lipinski definition) is 3. The van der Waals surface area contributed by atoms with E-state index in [-0.39, 0.29) is 5.75 Å². The number of aromatic nitrogens is 1. The van der Waals surface area contributed by atoms with E-state index in [0.29, 0.717) is 17.2 Å². The second-order valence-electron chi connectivity index (χ2n) is 4.78. The summed E-state index contributed by atoms with van der Waals surface area (Å²) in [7, 11) is 1.64. The molecular weight excluding hydrogens is 310 g/mol. The van der Waals surface area contributed by atoms with Crippen molar-refractivity contribution < 1.29 is 9.84 Å². The van der Waals surface area contributed by atoms with Crippen molar-refractivity contribution in [2.75, 3.05) is 24.7 Å². The summed E-state index contributed by atoms with van der Waals surface area (Å²) in [5, 5.41) is 13.6. The van der Waals surface area contributed by atoms with Gasteiger partial charge in [-0.2, -0.15) is 0 Å². The number of hydrogen-bond acceptors (Lipinski definition) is 6. The van der Waals surface area contributed by atoms with Crippen molar-refractivity contribution in [1.82, 2.24) is 4.98 Å². The number of thiazole rings is 1. The Bertz CT molecular complexity index is 892. The van der Waals surface area contributed by atoms with E-state index < -0.39 is 0 Å². The van der Waals surface area contributed by atoms with E-state index in [0.717, 1.165) is 21.7 Å². The maximum absolute atomic E-state index is 9.94. The predicted molar refractivity (Wildman–Crippen MR) is 94.1 cm³/mol. The van der Waals surface area contributed by atoms with Crippen molar-refractivity contribution in [3.63, 3.8) is 0 Å². The molecule has 2 aromatic carbocycles. The lowest BCUT2D eigenvalue weighted by atomic mass is 10.2. The van der Waals surface area contributed by atoms with Gasteiger partial charge < -0.3 is 20.9 Å². The van der Waals surface area contributed by atoms with Crippen LogP contribution in [-0.4, -0.2) is 23.7 Å². The molecule has 0 atom stereocenters. The Balaban J connectivity index is 1.69. The summed E-state index contributed by atoms with van der Waals surface area (Å²) in [5.41, 5.74) is 7.88. The van der Waals surface area contributed by atoms with E-state index >= 15 is 0 Å². The summed E-state index contributed by atoms with van der Waals surface area (Å²) >= 11 is 1.33. The van der Waals surface area contributed by atoms with E-state index in [1.807, 2.05) is 30.3 Å². The molecule has 3 rings (SSSR count). The standard InChI is InChI=1S/C17H15N3O2S/c1-22-13-6-4-12(5-7-13)19-8-2-3-11-9-14(21)16-15(10-11)23-17(18)20-16/h4-7,9-10,19,21H,8H2,1H3,(H2,18,20). The van der Waals surface area contributed by atoms with Gasteiger partial charge in [0.15, 0.2) is 5.13 Å². The van der Waals surface area contributed by atoms with Crippen LogP contribution in [0.15, 0.2) is 36.4 Å². The van der Waals surface area contributed by atoms with Crippen molar-refractivity contribution in [1.29, 1.82) is 0 Å². The summed E-state index contributed by atoms with van der Waals surface area (Å²) in [6, 6.07) is 11.1. The molecular formula is C17H15N3O2S. The summed E-state index contributed by atoms with van der Waals surface area (Å²) in [6.45, 7) is 0.496. The Kier molecular flexibility index (Phi) is 4.22. The van der Waals surface area contributed by atoms with Gasteiger partial charge in [-0.25, -0.2) is 4.98 Å². The zero-order chi connectivity index (χ0) is 16.2. The third kappa shape index (κ3) is 3.47. The highest BCUT2D eigenvalue weighted by molar-refractivity contribution is 7.22. The van der Waals surface area contributed by atoms with Crippen molar-refractivity contribution in [3.05, 3.63) is 42.0 Å². The first kappa shape index (κ1) is 15.0. The zero-order valence-corrected chi connectivity index (χ0v) is 13.3. The van der Waals surface area contributed by atoms with Crippen LogP contribution in [0.2, 0.25) is 0 Å². The third-order valence-electron chi connectivity index (χ3n) is 3.19. The van der Waals surface area contributed by atoms with Crippen LogP contribution in [0, 0.1) is 11.8 Å². The smallest absolute Gasteiger partial charge is 0.181 e. The lowest BCUT2D eigenvalue weighted by Gasteiger charge is -2.03. The fourth-order valence-electron chi connectivity index (χ4n) is 2.10. The van der Waals surface area contributed by atoms with Gasteiger partial charge in [-0.15, -0.1) is 0 Å². The molecule has 6 heteroatoms. The molecule has 0 spiro atoms. The first-order valence-electron chi connectivity index (χ1n) is 6.91. The van der Waals surface area contributed by atoms with Crippen LogP contribution in [-0.2, 0) is 0 Å². The van der Waals surface area contributed by atoms with E-state index in [4.69, 9.17) is 10.5 Å². The molecule has 0 saturated carbocycles. The highest BCUT2D eigenvalue weighted by Crippen LogP contribution is 2.31. The number of phenolic OH excluding ortho intramolecular Hbond substituents is 1. The molecule has 1 heterocycles. The molecule has 0 amide bonds. The first-order valence-corrected chi connectivity index (χ1v) is 7.73. The highest BCUT2D eigenvalue weighted by Gasteiger charge is 2.07. The number of ether oxygens (including phenoxy) is 1. The van der Waals surface area contributed by atoms with Crippen LogP contribution < -0.4 is 15.8 Å². The number of nitrogen functional groups attached to an aromatic ring is 1. The largest absolute Gasteiger partial charge is 0.506 e. The molecule has 116 valence electrons. The van der Waals surface area contributed by atoms with Crippen LogP contribution in [0.25, 0.3) is 10.2 Å². The number of benzene rings is 2. The number of nitrogens with two attached hydrogens (primary N) is 1. The van der Waals surface area contributed by atoms with Crippen molar-refractivity contribution in [3.8, 4) is 23.3 Å². The first-order chi connectivity index (χ1) is 11.2. The number of nitrogens with zero attached hydrogens (tertiary/aromatic N) is 1. The molecule has 0 aliphatic heterocycles. The number of phenols is 1. The van der Waals surface area contributed by atoms with Crippen LogP contribution in [0.4, 0.5) is 10.8 Å². The molecule has 1 aromatic heterocycles. The molecule has 23 heavy (non-hydrogen) atoms. The second kappa shape index (κ2) is 6.46. The third-order valence-corrected chi connectivity index (χ3v) is 4.03. The van der Waals surface area contributed by atoms with Gasteiger partial charge in [0.2, 0.25) is 0 Å². The van der Waals surface area contributed by atoms with Gasteiger partial charge in [0, 0.05) is 11.3 Å². The highest BCUT2D eigenvalue weighted by atomic mass is 32.1. The molecule has 5 nitrogen and oxygen atoms in total. The monoisotopic (exact) mass is 325 g/mol. The summed E-state index contributed by atoms with van der Waals surface area (Å²) in [6.07, 6.45) is 0. The van der Waals surface area contributed by atoms with Gasteiger partial charge in [0.05, 0.1) is 18.4 Å². The van der Waals surface area contributed by atoms with Gasteiger partial charge in [-0.05, 0) is 36.4 Å². The predicted octanol–water partition coefficient (Wildman–Crippen LogP) is 3.06. The molecule has 0 aliphatic carbocycles. The molecule has 0 unspecified atom stereocenters. The number of anilines is 2. The topological polar surface area (TPSA) is 80.4 Å². The molecule has 0 radical (unpaired) electrons. The SMILES string of the molecule is COc1ccc(NCC#Cc2cc(O)c3nc(N)sc3c2)cc1. The number of nitrogens with one attached hydrogen (secondary N) is 1. The Morgan fingerprint density at radius 1 is 1.30 bits per heavy atom. The molecule has 0 saturated heterocycles. The number of aromatic hydroxyl groups is 1. The molecule has 0 bridgehead atoms. The van der Waals surface area contributed by atoms with E-state index in [2.05, 4.69) is 22.1 Å².